The second-order valence-electron chi connectivity index (χ2n) is 6.85. The van der Waals surface area contributed by atoms with Crippen molar-refractivity contribution in [3.8, 4) is 0 Å². The first-order valence-electron chi connectivity index (χ1n) is 9.21. The van der Waals surface area contributed by atoms with Crippen LogP contribution in [0.15, 0.2) is 6.07 Å². The summed E-state index contributed by atoms with van der Waals surface area (Å²) in [5.74, 6) is 6.30. The highest BCUT2D eigenvalue weighted by Crippen LogP contribution is 2.38. The van der Waals surface area contributed by atoms with Gasteiger partial charge in [-0.25, -0.2) is 5.84 Å². The SMILES string of the molecule is CCCC(CCC)(CCC)C(=O)N1CCc2nnc(NN)cc2C1. The lowest BCUT2D eigenvalue weighted by molar-refractivity contribution is -0.145. The number of nitrogens with two attached hydrogens (primary N) is 1. The Kier molecular flexibility index (Phi) is 6.54. The zero-order valence-corrected chi connectivity index (χ0v) is 15.3. The molecule has 2 heterocycles. The van der Waals surface area contributed by atoms with Gasteiger partial charge in [0.1, 0.15) is 0 Å². The molecular weight excluding hydrogens is 302 g/mol. The third-order valence-electron chi connectivity index (χ3n) is 5.01. The van der Waals surface area contributed by atoms with Crippen molar-refractivity contribution >= 4 is 11.7 Å². The third-order valence-corrected chi connectivity index (χ3v) is 5.01. The Morgan fingerprint density at radius 3 is 2.38 bits per heavy atom. The Hall–Kier alpha value is -1.69. The molecule has 1 aliphatic rings. The minimum Gasteiger partial charge on any atom is -0.337 e. The highest BCUT2D eigenvalue weighted by atomic mass is 16.2. The third kappa shape index (κ3) is 3.86. The Morgan fingerprint density at radius 1 is 1.21 bits per heavy atom. The van der Waals surface area contributed by atoms with Crippen LogP contribution in [0.2, 0.25) is 0 Å². The molecule has 0 spiro atoms. The van der Waals surface area contributed by atoms with Crippen molar-refractivity contribution in [1.29, 1.82) is 0 Å². The topological polar surface area (TPSA) is 84.1 Å². The molecule has 2 rings (SSSR count). The van der Waals surface area contributed by atoms with Crippen LogP contribution in [0.1, 0.15) is 70.6 Å². The molecule has 1 aromatic rings. The lowest BCUT2D eigenvalue weighted by Gasteiger charge is -2.39. The van der Waals surface area contributed by atoms with Gasteiger partial charge in [0.05, 0.1) is 5.69 Å². The first-order valence-corrected chi connectivity index (χ1v) is 9.21. The molecule has 0 atom stereocenters. The number of nitrogen functional groups attached to an aromatic ring is 1. The molecule has 24 heavy (non-hydrogen) atoms. The summed E-state index contributed by atoms with van der Waals surface area (Å²) in [7, 11) is 0. The molecule has 0 radical (unpaired) electrons. The van der Waals surface area contributed by atoms with Gasteiger partial charge < -0.3 is 10.3 Å². The Bertz CT molecular complexity index is 543. The highest BCUT2D eigenvalue weighted by Gasteiger charge is 2.39. The molecule has 1 aromatic heterocycles. The van der Waals surface area contributed by atoms with E-state index >= 15 is 0 Å². The first-order chi connectivity index (χ1) is 11.6. The quantitative estimate of drug-likeness (QED) is 0.564. The van der Waals surface area contributed by atoms with Gasteiger partial charge in [0, 0.05) is 24.9 Å². The normalized spacial score (nSPS) is 14.4. The molecule has 3 N–H and O–H groups in total. The number of hydrogen-bond acceptors (Lipinski definition) is 5. The minimum absolute atomic E-state index is 0.203. The lowest BCUT2D eigenvalue weighted by Crippen LogP contribution is -2.46. The van der Waals surface area contributed by atoms with Crippen molar-refractivity contribution in [2.45, 2.75) is 72.3 Å². The van der Waals surface area contributed by atoms with E-state index in [4.69, 9.17) is 5.84 Å². The number of amides is 1. The number of nitrogens with one attached hydrogen (secondary N) is 1. The van der Waals surface area contributed by atoms with E-state index in [1.165, 1.54) is 0 Å². The lowest BCUT2D eigenvalue weighted by atomic mass is 9.74. The summed E-state index contributed by atoms with van der Waals surface area (Å²) in [5, 5.41) is 8.25. The van der Waals surface area contributed by atoms with Crippen LogP contribution in [0.3, 0.4) is 0 Å². The van der Waals surface area contributed by atoms with Gasteiger partial charge in [0.2, 0.25) is 5.91 Å². The number of fused-ring (bicyclic) bond motifs is 1. The Labute approximate surface area is 145 Å². The van der Waals surface area contributed by atoms with E-state index in [1.807, 2.05) is 11.0 Å². The molecular formula is C18H31N5O. The van der Waals surface area contributed by atoms with Gasteiger partial charge in [-0.15, -0.1) is 5.10 Å². The van der Waals surface area contributed by atoms with Crippen LogP contribution in [0.25, 0.3) is 0 Å². The van der Waals surface area contributed by atoms with Crippen LogP contribution in [0.4, 0.5) is 5.82 Å². The number of carbonyl (C=O) groups is 1. The van der Waals surface area contributed by atoms with Gasteiger partial charge in [-0.05, 0) is 30.9 Å². The average Bonchev–Trinajstić information content (AvgIpc) is 2.60. The van der Waals surface area contributed by atoms with Crippen LogP contribution in [0, 0.1) is 5.41 Å². The van der Waals surface area contributed by atoms with E-state index in [9.17, 15) is 4.79 Å². The summed E-state index contributed by atoms with van der Waals surface area (Å²) in [5.41, 5.74) is 4.36. The first kappa shape index (κ1) is 18.6. The maximum atomic E-state index is 13.4. The molecule has 0 saturated carbocycles. The predicted molar refractivity (Wildman–Crippen MR) is 96.1 cm³/mol. The van der Waals surface area contributed by atoms with E-state index in [0.717, 1.165) is 62.7 Å². The summed E-state index contributed by atoms with van der Waals surface area (Å²) in [4.78, 5) is 15.4. The van der Waals surface area contributed by atoms with Gasteiger partial charge in [-0.2, -0.15) is 5.10 Å². The summed E-state index contributed by atoms with van der Waals surface area (Å²) in [6.45, 7) is 7.86. The van der Waals surface area contributed by atoms with Crippen molar-refractivity contribution in [2.24, 2.45) is 11.3 Å². The molecule has 0 unspecified atom stereocenters. The monoisotopic (exact) mass is 333 g/mol. The van der Waals surface area contributed by atoms with E-state index in [-0.39, 0.29) is 5.41 Å². The summed E-state index contributed by atoms with van der Waals surface area (Å²) in [6, 6.07) is 1.91. The molecule has 6 nitrogen and oxygen atoms in total. The van der Waals surface area contributed by atoms with Crippen molar-refractivity contribution in [1.82, 2.24) is 15.1 Å². The summed E-state index contributed by atoms with van der Waals surface area (Å²) >= 11 is 0. The molecule has 134 valence electrons. The molecule has 0 saturated heterocycles. The van der Waals surface area contributed by atoms with Crippen LogP contribution < -0.4 is 11.3 Å². The molecule has 0 aliphatic carbocycles. The fraction of sp³-hybridized carbons (Fsp3) is 0.722. The number of hydrazine groups is 1. The van der Waals surface area contributed by atoms with Crippen LogP contribution in [-0.2, 0) is 17.8 Å². The fourth-order valence-electron chi connectivity index (χ4n) is 4.04. The van der Waals surface area contributed by atoms with Gasteiger partial charge in [-0.1, -0.05) is 40.0 Å². The maximum Gasteiger partial charge on any atom is 0.229 e. The fourth-order valence-corrected chi connectivity index (χ4v) is 4.04. The largest absolute Gasteiger partial charge is 0.337 e. The zero-order chi connectivity index (χ0) is 17.6. The highest BCUT2D eigenvalue weighted by molar-refractivity contribution is 5.83. The number of anilines is 1. The number of carbonyl (C=O) groups excluding carboxylic acids is 1. The van der Waals surface area contributed by atoms with Gasteiger partial charge in [0.15, 0.2) is 5.82 Å². The van der Waals surface area contributed by atoms with E-state index in [1.54, 1.807) is 0 Å². The van der Waals surface area contributed by atoms with Crippen LogP contribution >= 0.6 is 0 Å². The smallest absolute Gasteiger partial charge is 0.229 e. The number of rotatable bonds is 8. The second-order valence-corrected chi connectivity index (χ2v) is 6.85. The molecule has 0 aromatic carbocycles. The standard InChI is InChI=1S/C18H31N5O/c1-4-8-18(9-5-2,10-6-3)17(24)23-11-7-15-14(13-23)12-16(20-19)22-21-15/h12H,4-11,13,19H2,1-3H3,(H,20,22). The Balaban J connectivity index is 2.23. The predicted octanol–water partition coefficient (Wildman–Crippen LogP) is 3.03. The van der Waals surface area contributed by atoms with E-state index in [0.29, 0.717) is 18.3 Å². The molecule has 0 bridgehead atoms. The van der Waals surface area contributed by atoms with E-state index < -0.39 is 0 Å². The second kappa shape index (κ2) is 8.42. The number of hydrogen-bond donors (Lipinski definition) is 2. The summed E-state index contributed by atoms with van der Waals surface area (Å²) in [6.07, 6.45) is 6.82. The molecule has 1 aliphatic heterocycles. The molecule has 6 heteroatoms. The minimum atomic E-state index is -0.203. The van der Waals surface area contributed by atoms with Gasteiger partial charge in [0.25, 0.3) is 0 Å². The van der Waals surface area contributed by atoms with Crippen molar-refractivity contribution in [3.63, 3.8) is 0 Å². The van der Waals surface area contributed by atoms with Crippen molar-refractivity contribution in [2.75, 3.05) is 12.0 Å². The van der Waals surface area contributed by atoms with Crippen molar-refractivity contribution < 1.29 is 4.79 Å². The Morgan fingerprint density at radius 2 is 1.83 bits per heavy atom. The molecule has 0 fully saturated rings. The zero-order valence-electron chi connectivity index (χ0n) is 15.3. The van der Waals surface area contributed by atoms with Gasteiger partial charge in [-0.3, -0.25) is 4.79 Å². The maximum absolute atomic E-state index is 13.4. The van der Waals surface area contributed by atoms with Crippen LogP contribution in [-0.4, -0.2) is 27.5 Å². The summed E-state index contributed by atoms with van der Waals surface area (Å²) < 4.78 is 0. The average molecular weight is 333 g/mol. The van der Waals surface area contributed by atoms with E-state index in [2.05, 4.69) is 36.4 Å². The molecule has 1 amide bonds. The number of nitrogens with zero attached hydrogens (tertiary/aromatic N) is 3. The van der Waals surface area contributed by atoms with Crippen LogP contribution in [0.5, 0.6) is 0 Å². The van der Waals surface area contributed by atoms with Gasteiger partial charge >= 0.3 is 0 Å². The number of aromatic nitrogens is 2. The van der Waals surface area contributed by atoms with Crippen molar-refractivity contribution in [3.05, 3.63) is 17.3 Å².